The number of nitrogens with zero attached hydrogens (tertiary/aromatic N) is 4. The fourth-order valence-corrected chi connectivity index (χ4v) is 4.68. The van der Waals surface area contributed by atoms with Crippen LogP contribution in [0.25, 0.3) is 45.1 Å². The maximum atomic E-state index is 14.0. The molecule has 0 aliphatic heterocycles. The predicted octanol–water partition coefficient (Wildman–Crippen LogP) is 3.53. The fourth-order valence-electron chi connectivity index (χ4n) is 4.68. The molecular formula is C31H25N7O5. The number of aromatic amines is 1. The van der Waals surface area contributed by atoms with Gasteiger partial charge in [-0.05, 0) is 30.3 Å². The van der Waals surface area contributed by atoms with Crippen molar-refractivity contribution in [2.24, 2.45) is 5.73 Å². The number of fused-ring (bicyclic) bond motifs is 1. The number of rotatable bonds is 9. The number of aromatic nitrogens is 5. The van der Waals surface area contributed by atoms with E-state index in [1.165, 1.54) is 17.9 Å². The number of hydrogen-bond acceptors (Lipinski definition) is 8. The Labute approximate surface area is 244 Å². The third-order valence-electron chi connectivity index (χ3n) is 6.76. The first-order valence-electron chi connectivity index (χ1n) is 13.2. The molecular weight excluding hydrogens is 550 g/mol. The zero-order valence-electron chi connectivity index (χ0n) is 22.9. The number of nitrogens with two attached hydrogens (primary N) is 1. The first kappa shape index (κ1) is 27.1. The number of nitrogens with one attached hydrogen (secondary N) is 2. The third-order valence-corrected chi connectivity index (χ3v) is 6.76. The van der Waals surface area contributed by atoms with Gasteiger partial charge in [-0.25, -0.2) is 9.97 Å². The van der Waals surface area contributed by atoms with Crippen molar-refractivity contribution < 1.29 is 18.7 Å². The predicted molar refractivity (Wildman–Crippen MR) is 158 cm³/mol. The highest BCUT2D eigenvalue weighted by Crippen LogP contribution is 2.30. The molecule has 12 nitrogen and oxygen atoms in total. The van der Waals surface area contributed by atoms with Crippen LogP contribution in [0.1, 0.15) is 16.2 Å². The number of H-pyrrole nitrogens is 1. The fraction of sp³-hybridized carbons (Fsp3) is 0.0968. The highest BCUT2D eigenvalue weighted by molar-refractivity contribution is 5.97. The van der Waals surface area contributed by atoms with Crippen LogP contribution in [0.5, 0.6) is 5.75 Å². The molecule has 12 heteroatoms. The molecule has 2 aromatic carbocycles. The van der Waals surface area contributed by atoms with E-state index in [2.05, 4.69) is 25.3 Å². The Hall–Kier alpha value is -6.04. The van der Waals surface area contributed by atoms with E-state index in [0.717, 1.165) is 16.6 Å². The number of carbonyl (C=O) groups is 2. The molecule has 6 rings (SSSR count). The first-order chi connectivity index (χ1) is 20.9. The van der Waals surface area contributed by atoms with Gasteiger partial charge in [0.1, 0.15) is 23.7 Å². The summed E-state index contributed by atoms with van der Waals surface area (Å²) in [4.78, 5) is 55.6. The van der Waals surface area contributed by atoms with E-state index in [1.54, 1.807) is 60.9 Å². The number of primary amides is 1. The monoisotopic (exact) mass is 575 g/mol. The van der Waals surface area contributed by atoms with Gasteiger partial charge in [-0.1, -0.05) is 36.4 Å². The van der Waals surface area contributed by atoms with E-state index in [1.807, 2.05) is 18.2 Å². The molecule has 0 saturated heterocycles. The number of oxazole rings is 1. The summed E-state index contributed by atoms with van der Waals surface area (Å²) in [5.74, 6) is -0.606. The standard InChI is InChI=1S/C31H25N7O5/c1-42-22-9-5-8-19(13-22)30-37-26(28(32)40)27(43-30)23-16-35-29(18-6-3-2-4-7-18)38(31(23)41)17-25(39)34-15-21-12-20-14-33-11-10-24(20)36-21/h2-14,16,36H,15,17H2,1H3,(H2,32,40)(H,34,39). The lowest BCUT2D eigenvalue weighted by Crippen LogP contribution is -2.34. The minimum atomic E-state index is -0.891. The highest BCUT2D eigenvalue weighted by atomic mass is 16.5. The molecule has 43 heavy (non-hydrogen) atoms. The molecule has 4 N–H and O–H groups in total. The summed E-state index contributed by atoms with van der Waals surface area (Å²) in [5, 5.41) is 3.75. The molecule has 0 fully saturated rings. The van der Waals surface area contributed by atoms with Crippen LogP contribution in [-0.2, 0) is 17.9 Å². The molecule has 214 valence electrons. The van der Waals surface area contributed by atoms with Gasteiger partial charge in [0.2, 0.25) is 11.8 Å². The molecule has 0 aliphatic rings. The minimum absolute atomic E-state index is 0.0621. The quantitative estimate of drug-likeness (QED) is 0.235. The highest BCUT2D eigenvalue weighted by Gasteiger charge is 2.25. The van der Waals surface area contributed by atoms with Crippen LogP contribution in [0.4, 0.5) is 0 Å². The Morgan fingerprint density at radius 1 is 1.05 bits per heavy atom. The van der Waals surface area contributed by atoms with Gasteiger partial charge in [-0.2, -0.15) is 0 Å². The van der Waals surface area contributed by atoms with Crippen molar-refractivity contribution >= 4 is 22.7 Å². The van der Waals surface area contributed by atoms with Gasteiger partial charge in [0.25, 0.3) is 11.5 Å². The first-order valence-corrected chi connectivity index (χ1v) is 13.2. The molecule has 0 spiro atoms. The van der Waals surface area contributed by atoms with Crippen LogP contribution < -0.4 is 21.3 Å². The van der Waals surface area contributed by atoms with Crippen molar-refractivity contribution in [3.63, 3.8) is 0 Å². The van der Waals surface area contributed by atoms with E-state index in [0.29, 0.717) is 16.9 Å². The molecule has 0 bridgehead atoms. The zero-order chi connectivity index (χ0) is 29.9. The average Bonchev–Trinajstić information content (AvgIpc) is 3.66. The largest absolute Gasteiger partial charge is 0.497 e. The topological polar surface area (TPSA) is 171 Å². The van der Waals surface area contributed by atoms with Crippen LogP contribution in [0.3, 0.4) is 0 Å². The Morgan fingerprint density at radius 2 is 1.86 bits per heavy atom. The van der Waals surface area contributed by atoms with Crippen LogP contribution in [0.15, 0.2) is 94.5 Å². The maximum absolute atomic E-state index is 14.0. The maximum Gasteiger partial charge on any atom is 0.271 e. The second kappa shape index (κ2) is 11.4. The summed E-state index contributed by atoms with van der Waals surface area (Å²) in [7, 11) is 1.52. The number of methoxy groups -OCH3 is 1. The average molecular weight is 576 g/mol. The molecule has 0 saturated carbocycles. The van der Waals surface area contributed by atoms with Crippen molar-refractivity contribution in [2.75, 3.05) is 7.11 Å². The number of amides is 2. The SMILES string of the molecule is COc1cccc(-c2nc(C(N)=O)c(-c3cnc(-c4ccccc4)n(CC(=O)NCc4cc5cnccc5[nH]4)c3=O)o2)c1. The number of pyridine rings is 1. The second-order valence-corrected chi connectivity index (χ2v) is 9.58. The summed E-state index contributed by atoms with van der Waals surface area (Å²) in [5.41, 5.74) is 7.49. The number of hydrogen-bond donors (Lipinski definition) is 3. The lowest BCUT2D eigenvalue weighted by atomic mass is 10.1. The van der Waals surface area contributed by atoms with Crippen LogP contribution in [0, 0.1) is 0 Å². The van der Waals surface area contributed by atoms with Gasteiger partial charge in [0.15, 0.2) is 11.5 Å². The molecule has 0 unspecified atom stereocenters. The van der Waals surface area contributed by atoms with Crippen molar-refractivity contribution in [3.05, 3.63) is 107 Å². The van der Waals surface area contributed by atoms with Crippen molar-refractivity contribution in [1.82, 2.24) is 29.8 Å². The van der Waals surface area contributed by atoms with Crippen LogP contribution >= 0.6 is 0 Å². The molecule has 0 atom stereocenters. The molecule has 4 aromatic heterocycles. The van der Waals surface area contributed by atoms with Crippen molar-refractivity contribution in [2.45, 2.75) is 13.1 Å². The van der Waals surface area contributed by atoms with Crippen LogP contribution in [0.2, 0.25) is 0 Å². The Balaban J connectivity index is 1.37. The van der Waals surface area contributed by atoms with Gasteiger partial charge in [0, 0.05) is 46.3 Å². The van der Waals surface area contributed by atoms with Crippen molar-refractivity contribution in [1.29, 1.82) is 0 Å². The molecule has 0 aliphatic carbocycles. The normalized spacial score (nSPS) is 11.0. The van der Waals surface area contributed by atoms with Gasteiger partial charge < -0.3 is 25.2 Å². The van der Waals surface area contributed by atoms with Gasteiger partial charge in [-0.3, -0.25) is 23.9 Å². The van der Waals surface area contributed by atoms with E-state index in [4.69, 9.17) is 14.9 Å². The summed E-state index contributed by atoms with van der Waals surface area (Å²) in [6, 6.07) is 19.6. The Bertz CT molecular complexity index is 1990. The lowest BCUT2D eigenvalue weighted by molar-refractivity contribution is -0.121. The van der Waals surface area contributed by atoms with E-state index >= 15 is 0 Å². The second-order valence-electron chi connectivity index (χ2n) is 9.58. The summed E-state index contributed by atoms with van der Waals surface area (Å²) in [6.07, 6.45) is 4.69. The van der Waals surface area contributed by atoms with E-state index in [9.17, 15) is 14.4 Å². The van der Waals surface area contributed by atoms with Gasteiger partial charge >= 0.3 is 0 Å². The number of ether oxygens (including phenoxy) is 1. The smallest absolute Gasteiger partial charge is 0.271 e. The zero-order valence-corrected chi connectivity index (χ0v) is 22.9. The summed E-state index contributed by atoms with van der Waals surface area (Å²) >= 11 is 0. The summed E-state index contributed by atoms with van der Waals surface area (Å²) in [6.45, 7) is -0.150. The Morgan fingerprint density at radius 3 is 2.63 bits per heavy atom. The molecule has 4 heterocycles. The molecule has 6 aromatic rings. The third kappa shape index (κ3) is 5.48. The van der Waals surface area contributed by atoms with Gasteiger partial charge in [0.05, 0.1) is 13.7 Å². The number of benzene rings is 2. The van der Waals surface area contributed by atoms with E-state index in [-0.39, 0.29) is 41.8 Å². The van der Waals surface area contributed by atoms with Gasteiger partial charge in [-0.15, -0.1) is 0 Å². The minimum Gasteiger partial charge on any atom is -0.497 e. The van der Waals surface area contributed by atoms with Crippen molar-refractivity contribution in [3.8, 4) is 39.9 Å². The molecule has 2 amide bonds. The summed E-state index contributed by atoms with van der Waals surface area (Å²) < 4.78 is 12.4. The lowest BCUT2D eigenvalue weighted by Gasteiger charge is -2.13. The number of carbonyl (C=O) groups excluding carboxylic acids is 2. The molecule has 0 radical (unpaired) electrons. The Kier molecular flexibility index (Phi) is 7.23. The van der Waals surface area contributed by atoms with E-state index < -0.39 is 17.4 Å². The van der Waals surface area contributed by atoms with Crippen LogP contribution in [-0.4, -0.2) is 43.4 Å².